The summed E-state index contributed by atoms with van der Waals surface area (Å²) in [4.78, 5) is 2.71. The molecule has 0 unspecified atom stereocenters. The molecule has 0 aliphatic heterocycles. The number of rotatable bonds is 8. The van der Waals surface area contributed by atoms with Crippen LogP contribution in [0.2, 0.25) is 0 Å². The Bertz CT molecular complexity index is 282. The maximum Gasteiger partial charge on any atom is 0.0683 e. The van der Waals surface area contributed by atoms with Crippen molar-refractivity contribution in [3.63, 3.8) is 0 Å². The Morgan fingerprint density at radius 1 is 1.21 bits per heavy atom. The fraction of sp³-hybridized carbons (Fsp3) is 0.941. The normalized spacial score (nSPS) is 17.3. The minimum atomic E-state index is -0.153. The third kappa shape index (κ3) is 6.43. The summed E-state index contributed by atoms with van der Waals surface area (Å²) in [5.41, 5.74) is -0.153. The van der Waals surface area contributed by atoms with Crippen LogP contribution in [-0.4, -0.2) is 24.0 Å². The molecule has 1 fully saturated rings. The summed E-state index contributed by atoms with van der Waals surface area (Å²) in [5, 5.41) is 9.08. The maximum atomic E-state index is 9.08. The molecule has 1 aliphatic carbocycles. The highest BCUT2D eigenvalue weighted by atomic mass is 15.2. The number of hydrogen-bond acceptors (Lipinski definition) is 2. The van der Waals surface area contributed by atoms with Crippen LogP contribution in [0.4, 0.5) is 0 Å². The third-order valence-corrected chi connectivity index (χ3v) is 4.38. The highest BCUT2D eigenvalue weighted by Crippen LogP contribution is 2.26. The first-order valence-electron chi connectivity index (χ1n) is 8.10. The topological polar surface area (TPSA) is 27.0 Å². The van der Waals surface area contributed by atoms with E-state index in [1.54, 1.807) is 0 Å². The second kappa shape index (κ2) is 7.90. The van der Waals surface area contributed by atoms with Crippen molar-refractivity contribution in [1.82, 2.24) is 4.90 Å². The van der Waals surface area contributed by atoms with Gasteiger partial charge >= 0.3 is 0 Å². The van der Waals surface area contributed by atoms with Crippen molar-refractivity contribution in [2.75, 3.05) is 13.1 Å². The van der Waals surface area contributed by atoms with Gasteiger partial charge in [-0.05, 0) is 65.0 Å². The summed E-state index contributed by atoms with van der Waals surface area (Å²) in [5.74, 6) is 0.791. The molecule has 0 amide bonds. The van der Waals surface area contributed by atoms with Crippen LogP contribution in [0.25, 0.3) is 0 Å². The molecule has 2 heteroatoms. The molecule has 0 radical (unpaired) electrons. The predicted molar refractivity (Wildman–Crippen MR) is 81.9 cm³/mol. The molecule has 0 saturated heterocycles. The Hall–Kier alpha value is -0.550. The van der Waals surface area contributed by atoms with E-state index in [1.807, 2.05) is 0 Å². The van der Waals surface area contributed by atoms with E-state index < -0.39 is 0 Å². The van der Waals surface area contributed by atoms with E-state index in [9.17, 15) is 0 Å². The Morgan fingerprint density at radius 3 is 2.37 bits per heavy atom. The van der Waals surface area contributed by atoms with Crippen LogP contribution in [0.1, 0.15) is 72.6 Å². The van der Waals surface area contributed by atoms with Crippen LogP contribution >= 0.6 is 0 Å². The van der Waals surface area contributed by atoms with Crippen molar-refractivity contribution >= 4 is 0 Å². The van der Waals surface area contributed by atoms with Gasteiger partial charge in [-0.1, -0.05) is 26.7 Å². The van der Waals surface area contributed by atoms with Crippen LogP contribution in [-0.2, 0) is 0 Å². The lowest BCUT2D eigenvalue weighted by Gasteiger charge is -2.30. The van der Waals surface area contributed by atoms with Gasteiger partial charge in [-0.25, -0.2) is 0 Å². The SMILES string of the molecule is CC(C)CCN(CCCC(C)(C)C#N)C1CCCC1. The van der Waals surface area contributed by atoms with Crippen LogP contribution in [0.5, 0.6) is 0 Å². The second-order valence-corrected chi connectivity index (χ2v) is 7.26. The molecule has 110 valence electrons. The average molecular weight is 264 g/mol. The summed E-state index contributed by atoms with van der Waals surface area (Å²) in [6.07, 6.45) is 9.08. The van der Waals surface area contributed by atoms with Crippen LogP contribution in [0.15, 0.2) is 0 Å². The van der Waals surface area contributed by atoms with Gasteiger partial charge in [-0.15, -0.1) is 0 Å². The molecule has 1 rings (SSSR count). The zero-order chi connectivity index (χ0) is 14.3. The van der Waals surface area contributed by atoms with Crippen molar-refractivity contribution in [3.8, 4) is 6.07 Å². The first kappa shape index (κ1) is 16.5. The lowest BCUT2D eigenvalue weighted by atomic mass is 9.89. The highest BCUT2D eigenvalue weighted by Gasteiger charge is 2.23. The molecule has 0 atom stereocenters. The van der Waals surface area contributed by atoms with E-state index in [0.29, 0.717) is 0 Å². The van der Waals surface area contributed by atoms with Gasteiger partial charge in [0.2, 0.25) is 0 Å². The minimum Gasteiger partial charge on any atom is -0.300 e. The first-order valence-corrected chi connectivity index (χ1v) is 8.10. The molecule has 2 nitrogen and oxygen atoms in total. The van der Waals surface area contributed by atoms with Crippen molar-refractivity contribution in [3.05, 3.63) is 0 Å². The van der Waals surface area contributed by atoms with Gasteiger partial charge < -0.3 is 4.90 Å². The molecule has 0 aromatic carbocycles. The van der Waals surface area contributed by atoms with E-state index in [-0.39, 0.29) is 5.41 Å². The molecule has 1 saturated carbocycles. The van der Waals surface area contributed by atoms with Crippen molar-refractivity contribution in [1.29, 1.82) is 5.26 Å². The first-order chi connectivity index (χ1) is 8.94. The zero-order valence-electron chi connectivity index (χ0n) is 13.4. The molecule has 0 aromatic rings. The fourth-order valence-corrected chi connectivity index (χ4v) is 2.95. The standard InChI is InChI=1S/C17H32N2/c1-15(2)10-13-19(16-8-5-6-9-16)12-7-11-17(3,4)14-18/h15-16H,5-13H2,1-4H3. The van der Waals surface area contributed by atoms with E-state index in [1.165, 1.54) is 45.2 Å². The molecule has 0 bridgehead atoms. The highest BCUT2D eigenvalue weighted by molar-refractivity contribution is 4.91. The van der Waals surface area contributed by atoms with Gasteiger partial charge in [0.1, 0.15) is 0 Å². The Morgan fingerprint density at radius 2 is 1.84 bits per heavy atom. The molecule has 0 N–H and O–H groups in total. The molecule has 1 aliphatic rings. The number of nitrogens with zero attached hydrogens (tertiary/aromatic N) is 2. The van der Waals surface area contributed by atoms with E-state index in [0.717, 1.165) is 24.8 Å². The zero-order valence-corrected chi connectivity index (χ0v) is 13.4. The lowest BCUT2D eigenvalue weighted by Crippen LogP contribution is -2.36. The number of nitriles is 1. The smallest absolute Gasteiger partial charge is 0.0683 e. The summed E-state index contributed by atoms with van der Waals surface area (Å²) < 4.78 is 0. The summed E-state index contributed by atoms with van der Waals surface area (Å²) in [7, 11) is 0. The Balaban J connectivity index is 2.38. The largest absolute Gasteiger partial charge is 0.300 e. The number of hydrogen-bond donors (Lipinski definition) is 0. The Labute approximate surface area is 120 Å². The fourth-order valence-electron chi connectivity index (χ4n) is 2.95. The lowest BCUT2D eigenvalue weighted by molar-refractivity contribution is 0.179. The van der Waals surface area contributed by atoms with Crippen molar-refractivity contribution in [2.45, 2.75) is 78.7 Å². The van der Waals surface area contributed by atoms with Gasteiger partial charge in [0.25, 0.3) is 0 Å². The molecule has 0 aromatic heterocycles. The molecule has 19 heavy (non-hydrogen) atoms. The monoisotopic (exact) mass is 264 g/mol. The maximum absolute atomic E-state index is 9.08. The molecular weight excluding hydrogens is 232 g/mol. The summed E-state index contributed by atoms with van der Waals surface area (Å²) in [6, 6.07) is 3.24. The molecule has 0 heterocycles. The average Bonchev–Trinajstić information content (AvgIpc) is 2.86. The molecule has 0 spiro atoms. The van der Waals surface area contributed by atoms with Gasteiger partial charge in [-0.3, -0.25) is 0 Å². The quantitative estimate of drug-likeness (QED) is 0.640. The summed E-state index contributed by atoms with van der Waals surface area (Å²) in [6.45, 7) is 11.2. The summed E-state index contributed by atoms with van der Waals surface area (Å²) >= 11 is 0. The van der Waals surface area contributed by atoms with Gasteiger partial charge in [0, 0.05) is 6.04 Å². The van der Waals surface area contributed by atoms with E-state index in [4.69, 9.17) is 5.26 Å². The predicted octanol–water partition coefficient (Wildman–Crippen LogP) is 4.61. The molecular formula is C17H32N2. The van der Waals surface area contributed by atoms with Crippen LogP contribution in [0, 0.1) is 22.7 Å². The van der Waals surface area contributed by atoms with Gasteiger partial charge in [-0.2, -0.15) is 5.26 Å². The van der Waals surface area contributed by atoms with E-state index in [2.05, 4.69) is 38.7 Å². The van der Waals surface area contributed by atoms with Gasteiger partial charge in [0.05, 0.1) is 11.5 Å². The van der Waals surface area contributed by atoms with Gasteiger partial charge in [0.15, 0.2) is 0 Å². The van der Waals surface area contributed by atoms with Crippen molar-refractivity contribution in [2.24, 2.45) is 11.3 Å². The van der Waals surface area contributed by atoms with Crippen LogP contribution < -0.4 is 0 Å². The third-order valence-electron chi connectivity index (χ3n) is 4.38. The van der Waals surface area contributed by atoms with E-state index >= 15 is 0 Å². The van der Waals surface area contributed by atoms with Crippen molar-refractivity contribution < 1.29 is 0 Å². The Kier molecular flexibility index (Phi) is 6.86. The minimum absolute atomic E-state index is 0.153. The second-order valence-electron chi connectivity index (χ2n) is 7.26. The van der Waals surface area contributed by atoms with Crippen LogP contribution in [0.3, 0.4) is 0 Å².